The van der Waals surface area contributed by atoms with Crippen molar-refractivity contribution in [2.75, 3.05) is 39.4 Å². The average molecular weight is 386 g/mol. The Hall–Kier alpha value is -2.33. The van der Waals surface area contributed by atoms with E-state index in [9.17, 15) is 18.0 Å². The fourth-order valence-corrected chi connectivity index (χ4v) is 4.00. The molecule has 9 nitrogen and oxygen atoms in total. The molecular weight excluding hydrogens is 364 g/mol. The predicted molar refractivity (Wildman–Crippen MR) is 94.1 cm³/mol. The highest BCUT2D eigenvalue weighted by Crippen LogP contribution is 2.34. The lowest BCUT2D eigenvalue weighted by Crippen LogP contribution is -2.42. The zero-order valence-corrected chi connectivity index (χ0v) is 15.9. The zero-order valence-electron chi connectivity index (χ0n) is 15.1. The maximum absolute atomic E-state index is 12.6. The Kier molecular flexibility index (Phi) is 6.09. The van der Waals surface area contributed by atoms with E-state index < -0.39 is 27.9 Å². The summed E-state index contributed by atoms with van der Waals surface area (Å²) in [5.41, 5.74) is 0.224. The Balaban J connectivity index is 2.38. The lowest BCUT2D eigenvalue weighted by molar-refractivity contribution is -0.119. The van der Waals surface area contributed by atoms with E-state index in [0.29, 0.717) is 24.3 Å². The van der Waals surface area contributed by atoms with Gasteiger partial charge in [0.15, 0.2) is 11.5 Å². The third-order valence-electron chi connectivity index (χ3n) is 4.12. The van der Waals surface area contributed by atoms with Crippen LogP contribution in [0.1, 0.15) is 23.2 Å². The molecule has 144 valence electrons. The molecule has 1 amide bonds. The second-order valence-electron chi connectivity index (χ2n) is 5.77. The van der Waals surface area contributed by atoms with Gasteiger partial charge in [0.05, 0.1) is 38.8 Å². The molecule has 1 saturated heterocycles. The van der Waals surface area contributed by atoms with Crippen molar-refractivity contribution in [2.24, 2.45) is 0 Å². The molecule has 1 atom stereocenters. The first kappa shape index (κ1) is 20.0. The zero-order chi connectivity index (χ0) is 19.5. The van der Waals surface area contributed by atoms with E-state index in [-0.39, 0.29) is 17.8 Å². The van der Waals surface area contributed by atoms with Gasteiger partial charge in [-0.25, -0.2) is 13.2 Å². The molecule has 0 spiro atoms. The van der Waals surface area contributed by atoms with Crippen LogP contribution in [-0.4, -0.2) is 64.8 Å². The molecular formula is C16H22N2O7S. The van der Waals surface area contributed by atoms with Crippen LogP contribution in [0, 0.1) is 0 Å². The Morgan fingerprint density at radius 3 is 2.31 bits per heavy atom. The van der Waals surface area contributed by atoms with Gasteiger partial charge in [0.2, 0.25) is 15.9 Å². The third kappa shape index (κ3) is 4.07. The van der Waals surface area contributed by atoms with Crippen molar-refractivity contribution >= 4 is 27.6 Å². The summed E-state index contributed by atoms with van der Waals surface area (Å²) in [5, 5.41) is 2.61. The maximum Gasteiger partial charge on any atom is 0.340 e. The van der Waals surface area contributed by atoms with Crippen molar-refractivity contribution < 1.29 is 32.2 Å². The minimum absolute atomic E-state index is 0.0717. The molecule has 0 saturated carbocycles. The SMILES string of the molecule is COC(=O)c1cc(OC)c(OC)cc1NC(=O)[C@H]1CCCN1S(C)(=O)=O. The standard InChI is InChI=1S/C16H22N2O7S/c1-23-13-8-10(16(20)25-3)11(9-14(13)24-2)17-15(19)12-6-5-7-18(12)26(4,21)22/h8-9,12H,5-7H2,1-4H3,(H,17,19)/t12-/m1/s1. The number of anilines is 1. The number of carbonyl (C=O) groups excluding carboxylic acids is 2. The van der Waals surface area contributed by atoms with E-state index in [1.54, 1.807) is 0 Å². The Labute approximate surface area is 152 Å². The third-order valence-corrected chi connectivity index (χ3v) is 5.41. The van der Waals surface area contributed by atoms with Crippen LogP contribution in [0.4, 0.5) is 5.69 Å². The van der Waals surface area contributed by atoms with Crippen LogP contribution < -0.4 is 14.8 Å². The summed E-state index contributed by atoms with van der Waals surface area (Å²) < 4.78 is 39.9. The summed E-state index contributed by atoms with van der Waals surface area (Å²) in [7, 11) is 0.544. The molecule has 1 heterocycles. The molecule has 1 aliphatic heterocycles. The fourth-order valence-electron chi connectivity index (χ4n) is 2.88. The van der Waals surface area contributed by atoms with Crippen LogP contribution in [-0.2, 0) is 19.6 Å². The number of esters is 1. The second kappa shape index (κ2) is 7.92. The lowest BCUT2D eigenvalue weighted by atomic mass is 10.1. The van der Waals surface area contributed by atoms with Crippen LogP contribution in [0.2, 0.25) is 0 Å². The second-order valence-corrected chi connectivity index (χ2v) is 7.70. The van der Waals surface area contributed by atoms with E-state index in [1.165, 1.54) is 33.5 Å². The number of hydrogen-bond donors (Lipinski definition) is 1. The number of amides is 1. The summed E-state index contributed by atoms with van der Waals surface area (Å²) >= 11 is 0. The van der Waals surface area contributed by atoms with Crippen molar-refractivity contribution in [3.8, 4) is 11.5 Å². The highest BCUT2D eigenvalue weighted by atomic mass is 32.2. The average Bonchev–Trinajstić information content (AvgIpc) is 3.10. The van der Waals surface area contributed by atoms with Crippen LogP contribution >= 0.6 is 0 Å². The molecule has 1 fully saturated rings. The van der Waals surface area contributed by atoms with Gasteiger partial charge in [-0.1, -0.05) is 0 Å². The Morgan fingerprint density at radius 2 is 1.77 bits per heavy atom. The molecule has 1 N–H and O–H groups in total. The van der Waals surface area contributed by atoms with Crippen LogP contribution in [0.5, 0.6) is 11.5 Å². The highest BCUT2D eigenvalue weighted by molar-refractivity contribution is 7.88. The molecule has 26 heavy (non-hydrogen) atoms. The number of nitrogens with one attached hydrogen (secondary N) is 1. The van der Waals surface area contributed by atoms with E-state index in [4.69, 9.17) is 14.2 Å². The summed E-state index contributed by atoms with van der Waals surface area (Å²) in [4.78, 5) is 24.7. The largest absolute Gasteiger partial charge is 0.493 e. The van der Waals surface area contributed by atoms with Gasteiger partial charge in [0.25, 0.3) is 0 Å². The molecule has 1 aliphatic rings. The molecule has 0 unspecified atom stereocenters. The van der Waals surface area contributed by atoms with Crippen molar-refractivity contribution in [1.82, 2.24) is 4.31 Å². The molecule has 1 aromatic rings. The van der Waals surface area contributed by atoms with E-state index in [2.05, 4.69) is 5.32 Å². The van der Waals surface area contributed by atoms with E-state index in [0.717, 1.165) is 10.6 Å². The fraction of sp³-hybridized carbons (Fsp3) is 0.500. The Bertz CT molecular complexity index is 807. The molecule has 10 heteroatoms. The molecule has 0 aromatic heterocycles. The van der Waals surface area contributed by atoms with Gasteiger partial charge in [-0.2, -0.15) is 4.31 Å². The van der Waals surface area contributed by atoms with E-state index in [1.807, 2.05) is 0 Å². The molecule has 0 aliphatic carbocycles. The lowest BCUT2D eigenvalue weighted by Gasteiger charge is -2.22. The molecule has 1 aromatic carbocycles. The van der Waals surface area contributed by atoms with Gasteiger partial charge in [-0.05, 0) is 12.8 Å². The normalized spacial score (nSPS) is 17.6. The first-order valence-electron chi connectivity index (χ1n) is 7.85. The van der Waals surface area contributed by atoms with Crippen molar-refractivity contribution in [2.45, 2.75) is 18.9 Å². The van der Waals surface area contributed by atoms with Crippen molar-refractivity contribution in [3.63, 3.8) is 0 Å². The number of sulfonamides is 1. The summed E-state index contributed by atoms with van der Waals surface area (Å²) in [6, 6.07) is 2.00. The quantitative estimate of drug-likeness (QED) is 0.722. The van der Waals surface area contributed by atoms with Gasteiger partial charge in [0, 0.05) is 18.7 Å². The summed E-state index contributed by atoms with van der Waals surface area (Å²) in [6.45, 7) is 0.284. The van der Waals surface area contributed by atoms with Gasteiger partial charge in [-0.3, -0.25) is 4.79 Å². The van der Waals surface area contributed by atoms with Gasteiger partial charge >= 0.3 is 5.97 Å². The number of benzene rings is 1. The first-order chi connectivity index (χ1) is 12.2. The van der Waals surface area contributed by atoms with Crippen LogP contribution in [0.3, 0.4) is 0 Å². The number of hydrogen-bond acceptors (Lipinski definition) is 7. The number of nitrogens with zero attached hydrogens (tertiary/aromatic N) is 1. The first-order valence-corrected chi connectivity index (χ1v) is 9.69. The molecule has 0 radical (unpaired) electrons. The van der Waals surface area contributed by atoms with Gasteiger partial charge in [-0.15, -0.1) is 0 Å². The van der Waals surface area contributed by atoms with Crippen molar-refractivity contribution in [1.29, 1.82) is 0 Å². The van der Waals surface area contributed by atoms with Gasteiger partial charge < -0.3 is 19.5 Å². The highest BCUT2D eigenvalue weighted by Gasteiger charge is 2.37. The summed E-state index contributed by atoms with van der Waals surface area (Å²) in [5.74, 6) is -0.593. The number of ether oxygens (including phenoxy) is 3. The monoisotopic (exact) mass is 386 g/mol. The number of rotatable bonds is 6. The summed E-state index contributed by atoms with van der Waals surface area (Å²) in [6.07, 6.45) is 2.05. The van der Waals surface area contributed by atoms with Crippen molar-refractivity contribution in [3.05, 3.63) is 17.7 Å². The predicted octanol–water partition coefficient (Wildman–Crippen LogP) is 0.853. The minimum atomic E-state index is -3.51. The molecule has 2 rings (SSSR count). The van der Waals surface area contributed by atoms with Gasteiger partial charge in [0.1, 0.15) is 6.04 Å². The van der Waals surface area contributed by atoms with E-state index >= 15 is 0 Å². The van der Waals surface area contributed by atoms with Crippen LogP contribution in [0.15, 0.2) is 12.1 Å². The number of carbonyl (C=O) groups is 2. The van der Waals surface area contributed by atoms with Crippen LogP contribution in [0.25, 0.3) is 0 Å². The number of methoxy groups -OCH3 is 3. The molecule has 0 bridgehead atoms. The topological polar surface area (TPSA) is 111 Å². The Morgan fingerprint density at radius 1 is 1.15 bits per heavy atom. The smallest absolute Gasteiger partial charge is 0.340 e. The minimum Gasteiger partial charge on any atom is -0.493 e. The maximum atomic E-state index is 12.6.